The molecule has 0 radical (unpaired) electrons. The summed E-state index contributed by atoms with van der Waals surface area (Å²) >= 11 is 0. The van der Waals surface area contributed by atoms with Crippen molar-refractivity contribution in [3.05, 3.63) is 60.2 Å². The Morgan fingerprint density at radius 1 is 1.24 bits per heavy atom. The number of rotatable bonds is 13. The van der Waals surface area contributed by atoms with Gasteiger partial charge in [0.05, 0.1) is 36.4 Å². The molecule has 228 valence electrons. The van der Waals surface area contributed by atoms with Crippen molar-refractivity contribution >= 4 is 41.1 Å². The van der Waals surface area contributed by atoms with Crippen LogP contribution < -0.4 is 26.0 Å². The minimum absolute atomic E-state index is 0.211. The van der Waals surface area contributed by atoms with Crippen LogP contribution in [-0.4, -0.2) is 93.6 Å². The molecule has 1 aliphatic rings. The molecule has 0 bridgehead atoms. The summed E-state index contributed by atoms with van der Waals surface area (Å²) in [6.07, 6.45) is 8.95. The van der Waals surface area contributed by atoms with Crippen LogP contribution in [0.15, 0.2) is 65.2 Å². The quantitative estimate of drug-likeness (QED) is 0.157. The Kier molecular flexibility index (Phi) is 12.8. The maximum Gasteiger partial charge on any atom is 0.329 e. The van der Waals surface area contributed by atoms with Crippen LogP contribution in [0, 0.1) is 5.41 Å². The average Bonchev–Trinajstić information content (AvgIpc) is 2.97. The number of nitrogens with zero attached hydrogens (tertiary/aromatic N) is 5. The normalized spacial score (nSPS) is 16.2. The van der Waals surface area contributed by atoms with Gasteiger partial charge in [-0.1, -0.05) is 26.0 Å². The van der Waals surface area contributed by atoms with Crippen LogP contribution in [0.25, 0.3) is 0 Å². The van der Waals surface area contributed by atoms with E-state index < -0.39 is 0 Å². The Morgan fingerprint density at radius 2 is 1.95 bits per heavy atom. The van der Waals surface area contributed by atoms with Crippen molar-refractivity contribution in [2.45, 2.75) is 26.7 Å². The molecule has 1 aromatic rings. The molecule has 0 spiro atoms. The van der Waals surface area contributed by atoms with Gasteiger partial charge in [0.1, 0.15) is 11.6 Å². The number of ether oxygens (including phenoxy) is 1. The highest BCUT2D eigenvalue weighted by atomic mass is 16.5. The van der Waals surface area contributed by atoms with E-state index in [1.54, 1.807) is 31.3 Å². The third-order valence-corrected chi connectivity index (χ3v) is 6.58. The van der Waals surface area contributed by atoms with Crippen LogP contribution in [0.5, 0.6) is 5.75 Å². The molecule has 2 rings (SSSR count). The van der Waals surface area contributed by atoms with Gasteiger partial charge in [0, 0.05) is 63.1 Å². The van der Waals surface area contributed by atoms with E-state index in [1.807, 2.05) is 45.1 Å². The van der Waals surface area contributed by atoms with Crippen LogP contribution in [0.4, 0.5) is 21.9 Å². The number of amidine groups is 1. The summed E-state index contributed by atoms with van der Waals surface area (Å²) in [4.78, 5) is 37.0. The molecular weight excluding hydrogens is 534 g/mol. The molecule has 0 aromatic heterocycles. The number of carbonyl (C=O) groups excluding carboxylic acids is 2. The maximum atomic E-state index is 13.0. The number of aliphatic imine (C=N–C) groups is 1. The fourth-order valence-electron chi connectivity index (χ4n) is 4.20. The van der Waals surface area contributed by atoms with E-state index in [4.69, 9.17) is 15.9 Å². The molecule has 0 atom stereocenters. The second kappa shape index (κ2) is 16.0. The average molecular weight is 580 g/mol. The standard InChI is InChI=1S/C30H45N9O3/c1-9-11-12-26-22(20-39(23(17-31)18-32)30(41)38(26)7)19-33-21(3)34-25-15-24(35-29(40)10-2)27(16-28(25)42-8)37(6)14-13-36(4)5/h10,12,15-19,31H,2,9,11,13-14,20,32H2,1,3-8H3,(H,33,34)(H,35,40)/b22-19-,23-18+,26-12-,31-17?. The summed E-state index contributed by atoms with van der Waals surface area (Å²) in [5.41, 5.74) is 9.52. The molecule has 0 unspecified atom stereocenters. The van der Waals surface area contributed by atoms with Gasteiger partial charge in [-0.05, 0) is 39.6 Å². The van der Waals surface area contributed by atoms with Crippen molar-refractivity contribution in [1.29, 1.82) is 5.41 Å². The molecule has 12 nitrogen and oxygen atoms in total. The van der Waals surface area contributed by atoms with E-state index >= 15 is 0 Å². The number of carbonyl (C=O) groups is 2. The summed E-state index contributed by atoms with van der Waals surface area (Å²) in [5.74, 6) is 0.797. The highest BCUT2D eigenvalue weighted by Crippen LogP contribution is 2.37. The van der Waals surface area contributed by atoms with Gasteiger partial charge in [-0.15, -0.1) is 0 Å². The highest BCUT2D eigenvalue weighted by molar-refractivity contribution is 6.03. The first-order chi connectivity index (χ1) is 20.0. The van der Waals surface area contributed by atoms with Crippen molar-refractivity contribution in [3.8, 4) is 5.75 Å². The number of methoxy groups -OCH3 is 1. The predicted molar refractivity (Wildman–Crippen MR) is 172 cm³/mol. The van der Waals surface area contributed by atoms with E-state index in [1.165, 1.54) is 17.2 Å². The Morgan fingerprint density at radius 3 is 2.52 bits per heavy atom. The smallest absolute Gasteiger partial charge is 0.329 e. The third-order valence-electron chi connectivity index (χ3n) is 6.58. The first-order valence-corrected chi connectivity index (χ1v) is 13.7. The van der Waals surface area contributed by atoms with Gasteiger partial charge in [0.15, 0.2) is 0 Å². The van der Waals surface area contributed by atoms with E-state index in [0.29, 0.717) is 28.7 Å². The number of benzene rings is 1. The lowest BCUT2D eigenvalue weighted by Crippen LogP contribution is -2.47. The van der Waals surface area contributed by atoms with Gasteiger partial charge >= 0.3 is 6.03 Å². The molecule has 0 saturated carbocycles. The zero-order valence-corrected chi connectivity index (χ0v) is 25.8. The highest BCUT2D eigenvalue weighted by Gasteiger charge is 2.31. The van der Waals surface area contributed by atoms with Crippen molar-refractivity contribution in [1.82, 2.24) is 14.7 Å². The molecule has 1 aliphatic heterocycles. The van der Waals surface area contributed by atoms with Gasteiger partial charge in [0.2, 0.25) is 5.91 Å². The molecule has 3 amide bonds. The molecule has 1 aromatic carbocycles. The fourth-order valence-corrected chi connectivity index (χ4v) is 4.20. The zero-order chi connectivity index (χ0) is 31.4. The second-order valence-corrected chi connectivity index (χ2v) is 10.0. The van der Waals surface area contributed by atoms with Crippen LogP contribution in [0.1, 0.15) is 26.7 Å². The van der Waals surface area contributed by atoms with Crippen LogP contribution >= 0.6 is 0 Å². The van der Waals surface area contributed by atoms with Crippen LogP contribution in [0.2, 0.25) is 0 Å². The van der Waals surface area contributed by atoms with Crippen molar-refractivity contribution < 1.29 is 14.3 Å². The summed E-state index contributed by atoms with van der Waals surface area (Å²) in [6, 6.07) is 3.39. The van der Waals surface area contributed by atoms with E-state index in [-0.39, 0.29) is 18.5 Å². The van der Waals surface area contributed by atoms with E-state index in [9.17, 15) is 9.59 Å². The first kappa shape index (κ1) is 33.6. The number of urea groups is 1. The largest absolute Gasteiger partial charge is 0.494 e. The fraction of sp³-hybridized carbons (Fsp3) is 0.400. The molecule has 1 heterocycles. The zero-order valence-electron chi connectivity index (χ0n) is 25.8. The molecular formula is C30H45N9O3. The van der Waals surface area contributed by atoms with Crippen LogP contribution in [0.3, 0.4) is 0 Å². The van der Waals surface area contributed by atoms with E-state index in [0.717, 1.165) is 49.1 Å². The Hall–Kier alpha value is -4.58. The minimum atomic E-state index is -0.328. The van der Waals surface area contributed by atoms with Crippen LogP contribution in [-0.2, 0) is 4.79 Å². The number of amides is 3. The third kappa shape index (κ3) is 8.71. The molecule has 12 heteroatoms. The lowest BCUT2D eigenvalue weighted by atomic mass is 10.1. The summed E-state index contributed by atoms with van der Waals surface area (Å²) in [6.45, 7) is 9.21. The molecule has 1 fully saturated rings. The number of nitrogens with one attached hydrogen (secondary N) is 3. The van der Waals surface area contributed by atoms with Crippen molar-refractivity contribution in [3.63, 3.8) is 0 Å². The van der Waals surface area contributed by atoms with E-state index in [2.05, 4.69) is 34.0 Å². The number of unbranched alkanes of at least 4 members (excludes halogenated alkanes) is 1. The van der Waals surface area contributed by atoms with Gasteiger partial charge in [0.25, 0.3) is 0 Å². The summed E-state index contributed by atoms with van der Waals surface area (Å²) in [7, 11) is 9.24. The predicted octanol–water partition coefficient (Wildman–Crippen LogP) is 4.03. The monoisotopic (exact) mass is 579 g/mol. The molecule has 1 saturated heterocycles. The lowest BCUT2D eigenvalue weighted by Gasteiger charge is -2.36. The minimum Gasteiger partial charge on any atom is -0.494 e. The number of hydrogen-bond acceptors (Lipinski definition) is 8. The Bertz CT molecular complexity index is 1280. The first-order valence-electron chi connectivity index (χ1n) is 13.7. The lowest BCUT2D eigenvalue weighted by molar-refractivity contribution is -0.111. The Balaban J connectivity index is 2.50. The molecule has 0 aliphatic carbocycles. The number of allylic oxidation sites excluding steroid dienone is 2. The topological polar surface area (TPSA) is 143 Å². The SMILES string of the molecule is C=CC(=O)Nc1cc(NC(C)=N/C=C2/CN(/C(C=N)=C/N)C(=O)N(C)/C2=C\CCC)c(OC)cc1N(C)CCN(C)C. The number of nitrogens with two attached hydrogens (primary N) is 1. The van der Waals surface area contributed by atoms with Gasteiger partial charge in [-0.25, -0.2) is 9.79 Å². The second-order valence-electron chi connectivity index (χ2n) is 10.0. The maximum absolute atomic E-state index is 13.0. The molecule has 42 heavy (non-hydrogen) atoms. The molecule has 5 N–H and O–H groups in total. The number of hydrogen-bond donors (Lipinski definition) is 4. The van der Waals surface area contributed by atoms with Crippen molar-refractivity contribution in [2.75, 3.05) is 70.5 Å². The number of anilines is 3. The van der Waals surface area contributed by atoms with Crippen molar-refractivity contribution in [2.24, 2.45) is 10.7 Å². The number of likely N-dealkylation sites (N-methyl/N-ethyl adjacent to an activating group) is 3. The van der Waals surface area contributed by atoms with Gasteiger partial charge in [-0.2, -0.15) is 0 Å². The summed E-state index contributed by atoms with van der Waals surface area (Å²) < 4.78 is 5.69. The van der Waals surface area contributed by atoms with Gasteiger partial charge < -0.3 is 36.3 Å². The summed E-state index contributed by atoms with van der Waals surface area (Å²) in [5, 5.41) is 13.8. The van der Waals surface area contributed by atoms with Gasteiger partial charge in [-0.3, -0.25) is 14.6 Å². The Labute approximate surface area is 249 Å².